The third-order valence-corrected chi connectivity index (χ3v) is 2.06. The van der Waals surface area contributed by atoms with Gasteiger partial charge in [0.1, 0.15) is 11.8 Å². The number of hydrogen-bond acceptors (Lipinski definition) is 2. The van der Waals surface area contributed by atoms with E-state index >= 15 is 0 Å². The van der Waals surface area contributed by atoms with Gasteiger partial charge in [-0.25, -0.2) is 0 Å². The van der Waals surface area contributed by atoms with Crippen molar-refractivity contribution in [3.63, 3.8) is 0 Å². The molecule has 62 valence electrons. The van der Waals surface area contributed by atoms with Gasteiger partial charge in [0.25, 0.3) is 0 Å². The molecular weight excluding hydrogens is 150 g/mol. The monoisotopic (exact) mass is 161 g/mol. The predicted molar refractivity (Wildman–Crippen MR) is 48.1 cm³/mol. The molecule has 0 radical (unpaired) electrons. The van der Waals surface area contributed by atoms with Crippen LogP contribution in [0.15, 0.2) is 29.0 Å². The summed E-state index contributed by atoms with van der Waals surface area (Å²) in [5, 5.41) is 5.02. The Morgan fingerprint density at radius 2 is 2.17 bits per heavy atom. The summed E-state index contributed by atoms with van der Waals surface area (Å²) in [6, 6.07) is 6.09. The van der Waals surface area contributed by atoms with Crippen LogP contribution in [0.5, 0.6) is 0 Å². The van der Waals surface area contributed by atoms with E-state index in [1.165, 1.54) is 5.56 Å². The van der Waals surface area contributed by atoms with E-state index in [2.05, 4.69) is 25.1 Å². The number of rotatable bonds is 1. The minimum atomic E-state index is 0.521. The van der Waals surface area contributed by atoms with Gasteiger partial charge >= 0.3 is 0 Å². The van der Waals surface area contributed by atoms with E-state index in [-0.39, 0.29) is 0 Å². The first-order chi connectivity index (χ1) is 5.79. The van der Waals surface area contributed by atoms with Gasteiger partial charge in [0.05, 0.1) is 0 Å². The van der Waals surface area contributed by atoms with Gasteiger partial charge in [0.2, 0.25) is 0 Å². The molecule has 2 aromatic rings. The maximum atomic E-state index is 4.91. The minimum absolute atomic E-state index is 0.521. The zero-order chi connectivity index (χ0) is 8.55. The number of aromatic nitrogens is 1. The second kappa shape index (κ2) is 2.63. The lowest BCUT2D eigenvalue weighted by atomic mass is 10.00. The van der Waals surface area contributed by atoms with Crippen molar-refractivity contribution in [3.8, 4) is 0 Å². The second-order valence-electron chi connectivity index (χ2n) is 3.25. The van der Waals surface area contributed by atoms with Crippen LogP contribution >= 0.6 is 0 Å². The Kier molecular flexibility index (Phi) is 1.61. The maximum Gasteiger partial charge on any atom is 0.131 e. The average Bonchev–Trinajstić information content (AvgIpc) is 2.49. The molecule has 0 atom stereocenters. The molecule has 2 nitrogen and oxygen atoms in total. The molecule has 0 N–H and O–H groups in total. The van der Waals surface area contributed by atoms with Crippen molar-refractivity contribution in [2.45, 2.75) is 19.8 Å². The summed E-state index contributed by atoms with van der Waals surface area (Å²) >= 11 is 0. The maximum absolute atomic E-state index is 4.91. The quantitative estimate of drug-likeness (QED) is 0.642. The Morgan fingerprint density at radius 1 is 1.33 bits per heavy atom. The van der Waals surface area contributed by atoms with E-state index in [1.54, 1.807) is 6.26 Å². The molecule has 0 fully saturated rings. The lowest BCUT2D eigenvalue weighted by Crippen LogP contribution is -1.86. The summed E-state index contributed by atoms with van der Waals surface area (Å²) < 4.78 is 4.91. The van der Waals surface area contributed by atoms with Crippen LogP contribution in [0, 0.1) is 0 Å². The first-order valence-electron chi connectivity index (χ1n) is 4.12. The van der Waals surface area contributed by atoms with Crippen molar-refractivity contribution >= 4 is 10.9 Å². The number of nitrogens with zero attached hydrogens (tertiary/aromatic N) is 1. The lowest BCUT2D eigenvalue weighted by Gasteiger charge is -2.04. The largest absolute Gasteiger partial charge is 0.363 e. The summed E-state index contributed by atoms with van der Waals surface area (Å²) in [7, 11) is 0. The third-order valence-electron chi connectivity index (χ3n) is 2.06. The summed E-state index contributed by atoms with van der Waals surface area (Å²) in [5.41, 5.74) is 2.25. The summed E-state index contributed by atoms with van der Waals surface area (Å²) in [6.45, 7) is 4.34. The van der Waals surface area contributed by atoms with Crippen LogP contribution in [0.25, 0.3) is 10.9 Å². The van der Waals surface area contributed by atoms with Gasteiger partial charge < -0.3 is 4.52 Å². The van der Waals surface area contributed by atoms with Crippen molar-refractivity contribution in [2.24, 2.45) is 0 Å². The van der Waals surface area contributed by atoms with Crippen LogP contribution in [0.2, 0.25) is 0 Å². The highest BCUT2D eigenvalue weighted by Gasteiger charge is 2.06. The van der Waals surface area contributed by atoms with Crippen LogP contribution in [0.4, 0.5) is 0 Å². The molecule has 0 saturated carbocycles. The molecule has 0 bridgehead atoms. The smallest absolute Gasteiger partial charge is 0.131 e. The first-order valence-corrected chi connectivity index (χ1v) is 4.12. The molecule has 12 heavy (non-hydrogen) atoms. The van der Waals surface area contributed by atoms with Gasteiger partial charge in [0, 0.05) is 5.39 Å². The van der Waals surface area contributed by atoms with Crippen molar-refractivity contribution in [2.75, 3.05) is 0 Å². The molecule has 0 saturated heterocycles. The molecule has 0 aliphatic carbocycles. The van der Waals surface area contributed by atoms with Crippen LogP contribution in [-0.2, 0) is 0 Å². The van der Waals surface area contributed by atoms with Gasteiger partial charge in [-0.2, -0.15) is 0 Å². The molecular formula is C10H11NO. The van der Waals surface area contributed by atoms with Crippen molar-refractivity contribution < 1.29 is 4.52 Å². The highest BCUT2D eigenvalue weighted by molar-refractivity contribution is 5.81. The molecule has 2 rings (SSSR count). The minimum Gasteiger partial charge on any atom is -0.363 e. The van der Waals surface area contributed by atoms with Crippen LogP contribution < -0.4 is 0 Å². The molecule has 1 aromatic heterocycles. The van der Waals surface area contributed by atoms with E-state index in [1.807, 2.05) is 12.1 Å². The highest BCUT2D eigenvalue weighted by atomic mass is 16.5. The van der Waals surface area contributed by atoms with Crippen LogP contribution in [0.3, 0.4) is 0 Å². The molecule has 0 amide bonds. The van der Waals surface area contributed by atoms with Gasteiger partial charge in [-0.05, 0) is 17.5 Å². The molecule has 1 heterocycles. The molecule has 0 aliphatic heterocycles. The highest BCUT2D eigenvalue weighted by Crippen LogP contribution is 2.23. The topological polar surface area (TPSA) is 26.0 Å². The number of benzene rings is 1. The Hall–Kier alpha value is -1.31. The van der Waals surface area contributed by atoms with E-state index < -0.39 is 0 Å². The van der Waals surface area contributed by atoms with Gasteiger partial charge in [-0.15, -0.1) is 0 Å². The fraction of sp³-hybridized carbons (Fsp3) is 0.300. The fourth-order valence-electron chi connectivity index (χ4n) is 1.42. The molecule has 1 aromatic carbocycles. The van der Waals surface area contributed by atoms with Gasteiger partial charge in [-0.1, -0.05) is 31.1 Å². The zero-order valence-corrected chi connectivity index (χ0v) is 7.24. The fourth-order valence-corrected chi connectivity index (χ4v) is 1.42. The summed E-state index contributed by atoms with van der Waals surface area (Å²) in [4.78, 5) is 0. The molecule has 2 heteroatoms. The Morgan fingerprint density at radius 3 is 2.92 bits per heavy atom. The Labute approximate surface area is 71.2 Å². The van der Waals surface area contributed by atoms with Crippen molar-refractivity contribution in [3.05, 3.63) is 30.0 Å². The average molecular weight is 161 g/mol. The Bertz CT molecular complexity index is 389. The second-order valence-corrected chi connectivity index (χ2v) is 3.25. The van der Waals surface area contributed by atoms with Crippen LogP contribution in [0.1, 0.15) is 25.3 Å². The van der Waals surface area contributed by atoms with Crippen molar-refractivity contribution in [1.29, 1.82) is 0 Å². The Balaban J connectivity index is 2.73. The summed E-state index contributed by atoms with van der Waals surface area (Å²) in [6.07, 6.45) is 1.71. The first kappa shape index (κ1) is 7.35. The molecule has 0 spiro atoms. The standard InChI is InChI=1S/C10H11NO/c1-7(2)8-4-3-5-10-9(8)6-12-11-10/h3-7H,1-2H3. The normalized spacial score (nSPS) is 11.2. The van der Waals surface area contributed by atoms with E-state index in [9.17, 15) is 0 Å². The van der Waals surface area contributed by atoms with Crippen LogP contribution in [-0.4, -0.2) is 5.16 Å². The zero-order valence-electron chi connectivity index (χ0n) is 7.24. The van der Waals surface area contributed by atoms with Gasteiger partial charge in [0.15, 0.2) is 0 Å². The molecule has 0 unspecified atom stereocenters. The van der Waals surface area contributed by atoms with Gasteiger partial charge in [-0.3, -0.25) is 0 Å². The SMILES string of the molecule is CC(C)c1cccc2nocc12. The third kappa shape index (κ3) is 0.998. The molecule has 0 aliphatic rings. The van der Waals surface area contributed by atoms with E-state index in [0.29, 0.717) is 5.92 Å². The predicted octanol–water partition coefficient (Wildman–Crippen LogP) is 2.95. The lowest BCUT2D eigenvalue weighted by molar-refractivity contribution is 0.428. The summed E-state index contributed by atoms with van der Waals surface area (Å²) in [5.74, 6) is 0.521. The number of hydrogen-bond donors (Lipinski definition) is 0. The van der Waals surface area contributed by atoms with E-state index in [0.717, 1.165) is 10.9 Å². The number of fused-ring (bicyclic) bond motifs is 1. The van der Waals surface area contributed by atoms with Crippen molar-refractivity contribution in [1.82, 2.24) is 5.16 Å². The van der Waals surface area contributed by atoms with E-state index in [4.69, 9.17) is 4.52 Å².